The van der Waals surface area contributed by atoms with E-state index in [0.717, 1.165) is 11.2 Å². The van der Waals surface area contributed by atoms with Gasteiger partial charge in [0, 0.05) is 11.3 Å². The Balaban J connectivity index is 1.79. The fourth-order valence-corrected chi connectivity index (χ4v) is 2.78. The lowest BCUT2D eigenvalue weighted by Crippen LogP contribution is -2.46. The second kappa shape index (κ2) is 5.07. The normalized spacial score (nSPS) is 31.7. The molecular formula is C10H20N4S. The average molecular weight is 228 g/mol. The van der Waals surface area contributed by atoms with Crippen LogP contribution in [0.25, 0.3) is 0 Å². The number of nitrogens with one attached hydrogen (secondary N) is 2. The summed E-state index contributed by atoms with van der Waals surface area (Å²) in [7, 11) is 0. The van der Waals surface area contributed by atoms with E-state index in [1.54, 1.807) is 0 Å². The second-order valence-electron chi connectivity index (χ2n) is 4.37. The number of hydrogen-bond donors (Lipinski definition) is 3. The molecule has 2 rings (SSSR count). The molecule has 0 aromatic rings. The van der Waals surface area contributed by atoms with Crippen LogP contribution >= 0.6 is 11.8 Å². The zero-order valence-electron chi connectivity index (χ0n) is 9.20. The van der Waals surface area contributed by atoms with Crippen LogP contribution in [0, 0.1) is 0 Å². The lowest BCUT2D eigenvalue weighted by atomic mass is 10.2. The average Bonchev–Trinajstić information content (AvgIpc) is 2.95. The summed E-state index contributed by atoms with van der Waals surface area (Å²) in [5, 5.41) is 4.21. The lowest BCUT2D eigenvalue weighted by molar-refractivity contribution is 0.615. The largest absolute Gasteiger partial charge is 0.353 e. The molecule has 2 fully saturated rings. The molecule has 0 aliphatic heterocycles. The van der Waals surface area contributed by atoms with Gasteiger partial charge in [0.15, 0.2) is 0 Å². The first-order valence-electron chi connectivity index (χ1n) is 5.65. The molecule has 2 aliphatic rings. The van der Waals surface area contributed by atoms with Crippen LogP contribution in [-0.2, 0) is 0 Å². The Morgan fingerprint density at radius 1 is 1.33 bits per heavy atom. The number of rotatable bonds is 3. The third kappa shape index (κ3) is 3.28. The van der Waals surface area contributed by atoms with Crippen molar-refractivity contribution in [2.45, 2.75) is 49.4 Å². The molecule has 0 aromatic heterocycles. The number of nitrogens with zero attached hydrogens (tertiary/aromatic N) is 1. The first-order valence-corrected chi connectivity index (χ1v) is 6.94. The second-order valence-corrected chi connectivity index (χ2v) is 5.50. The van der Waals surface area contributed by atoms with Crippen molar-refractivity contribution in [3.8, 4) is 0 Å². The van der Waals surface area contributed by atoms with Crippen molar-refractivity contribution in [2.24, 2.45) is 10.8 Å². The van der Waals surface area contributed by atoms with Gasteiger partial charge in [-0.3, -0.25) is 5.43 Å². The van der Waals surface area contributed by atoms with E-state index in [0.29, 0.717) is 12.1 Å². The molecule has 0 aromatic carbocycles. The van der Waals surface area contributed by atoms with Crippen LogP contribution in [0.15, 0.2) is 4.99 Å². The summed E-state index contributed by atoms with van der Waals surface area (Å²) < 4.78 is 0. The summed E-state index contributed by atoms with van der Waals surface area (Å²) in [6.07, 6.45) is 8.38. The van der Waals surface area contributed by atoms with Crippen molar-refractivity contribution in [2.75, 3.05) is 6.26 Å². The molecule has 0 spiro atoms. The molecule has 0 radical (unpaired) electrons. The maximum Gasteiger partial charge on any atom is 0.206 e. The number of guanidine groups is 1. The van der Waals surface area contributed by atoms with Gasteiger partial charge in [-0.1, -0.05) is 0 Å². The Hall–Kier alpha value is -0.420. The minimum Gasteiger partial charge on any atom is -0.353 e. The highest BCUT2D eigenvalue weighted by molar-refractivity contribution is 7.99. The van der Waals surface area contributed by atoms with E-state index < -0.39 is 0 Å². The molecule has 2 unspecified atom stereocenters. The molecule has 5 heteroatoms. The molecule has 0 bridgehead atoms. The third-order valence-corrected chi connectivity index (χ3v) is 4.15. The van der Waals surface area contributed by atoms with Crippen molar-refractivity contribution in [3.05, 3.63) is 0 Å². The molecule has 4 N–H and O–H groups in total. The Morgan fingerprint density at radius 2 is 2.13 bits per heavy atom. The SMILES string of the molecule is CSC1CCC(NC(=NC2CC2)NN)C1. The fraction of sp³-hybridized carbons (Fsp3) is 0.900. The standard InChI is InChI=1S/C10H20N4S/c1-15-9-5-4-8(6-9)13-10(14-11)12-7-2-3-7/h7-9H,2-6,11H2,1H3,(H2,12,13,14). The maximum atomic E-state index is 5.45. The van der Waals surface area contributed by atoms with Crippen molar-refractivity contribution >= 4 is 17.7 Å². The van der Waals surface area contributed by atoms with E-state index in [2.05, 4.69) is 22.0 Å². The van der Waals surface area contributed by atoms with Gasteiger partial charge in [-0.25, -0.2) is 10.8 Å². The Morgan fingerprint density at radius 3 is 2.67 bits per heavy atom. The van der Waals surface area contributed by atoms with Crippen LogP contribution in [-0.4, -0.2) is 29.5 Å². The molecule has 0 saturated heterocycles. The minimum absolute atomic E-state index is 0.515. The molecular weight excluding hydrogens is 208 g/mol. The van der Waals surface area contributed by atoms with Gasteiger partial charge in [0.25, 0.3) is 0 Å². The van der Waals surface area contributed by atoms with Crippen LogP contribution in [0.2, 0.25) is 0 Å². The van der Waals surface area contributed by atoms with Crippen LogP contribution in [0.4, 0.5) is 0 Å². The van der Waals surface area contributed by atoms with Crippen LogP contribution in [0.3, 0.4) is 0 Å². The lowest BCUT2D eigenvalue weighted by Gasteiger charge is -2.15. The van der Waals surface area contributed by atoms with E-state index in [4.69, 9.17) is 5.84 Å². The quantitative estimate of drug-likeness (QED) is 0.290. The highest BCUT2D eigenvalue weighted by atomic mass is 32.2. The van der Waals surface area contributed by atoms with Gasteiger partial charge in [-0.05, 0) is 38.4 Å². The summed E-state index contributed by atoms with van der Waals surface area (Å²) in [6.45, 7) is 0. The predicted octanol–water partition coefficient (Wildman–Crippen LogP) is 0.842. The van der Waals surface area contributed by atoms with Crippen LogP contribution in [0.1, 0.15) is 32.1 Å². The first-order chi connectivity index (χ1) is 7.31. The van der Waals surface area contributed by atoms with Gasteiger partial charge in [-0.2, -0.15) is 11.8 Å². The van der Waals surface area contributed by atoms with E-state index in [1.165, 1.54) is 32.1 Å². The molecule has 2 aliphatic carbocycles. The van der Waals surface area contributed by atoms with Crippen molar-refractivity contribution in [1.82, 2.24) is 10.7 Å². The van der Waals surface area contributed by atoms with Crippen LogP contribution in [0.5, 0.6) is 0 Å². The smallest absolute Gasteiger partial charge is 0.206 e. The summed E-state index contributed by atoms with van der Waals surface area (Å²) in [4.78, 5) is 4.48. The predicted molar refractivity (Wildman–Crippen MR) is 65.9 cm³/mol. The number of nitrogens with two attached hydrogens (primary N) is 1. The highest BCUT2D eigenvalue weighted by Gasteiger charge is 2.26. The van der Waals surface area contributed by atoms with Crippen molar-refractivity contribution in [1.29, 1.82) is 0 Å². The molecule has 2 atom stereocenters. The van der Waals surface area contributed by atoms with Gasteiger partial charge in [0.2, 0.25) is 5.96 Å². The Labute approximate surface area is 95.4 Å². The number of thioether (sulfide) groups is 1. The van der Waals surface area contributed by atoms with E-state index in [9.17, 15) is 0 Å². The molecule has 0 amide bonds. The van der Waals surface area contributed by atoms with E-state index in [-0.39, 0.29) is 0 Å². The monoisotopic (exact) mass is 228 g/mol. The summed E-state index contributed by atoms with van der Waals surface area (Å²) >= 11 is 1.97. The zero-order valence-corrected chi connectivity index (χ0v) is 10.0. The molecule has 0 heterocycles. The molecule has 86 valence electrons. The summed E-state index contributed by atoms with van der Waals surface area (Å²) in [6, 6.07) is 1.07. The van der Waals surface area contributed by atoms with Crippen LogP contribution < -0.4 is 16.6 Å². The van der Waals surface area contributed by atoms with Gasteiger partial charge in [-0.15, -0.1) is 0 Å². The van der Waals surface area contributed by atoms with E-state index >= 15 is 0 Å². The summed E-state index contributed by atoms with van der Waals surface area (Å²) in [5.41, 5.74) is 2.67. The molecule has 4 nitrogen and oxygen atoms in total. The maximum absolute atomic E-state index is 5.45. The number of hydrazine groups is 1. The minimum atomic E-state index is 0.515. The number of aliphatic imine (C=N–C) groups is 1. The molecule has 15 heavy (non-hydrogen) atoms. The zero-order chi connectivity index (χ0) is 10.7. The Kier molecular flexibility index (Phi) is 3.75. The van der Waals surface area contributed by atoms with Gasteiger partial charge in [0.05, 0.1) is 6.04 Å². The van der Waals surface area contributed by atoms with Crippen molar-refractivity contribution in [3.63, 3.8) is 0 Å². The number of hydrogen-bond acceptors (Lipinski definition) is 3. The molecule has 2 saturated carbocycles. The van der Waals surface area contributed by atoms with Gasteiger partial charge in [0.1, 0.15) is 0 Å². The first kappa shape index (κ1) is 11.1. The highest BCUT2D eigenvalue weighted by Crippen LogP contribution is 2.28. The van der Waals surface area contributed by atoms with Crippen molar-refractivity contribution < 1.29 is 0 Å². The topological polar surface area (TPSA) is 62.4 Å². The van der Waals surface area contributed by atoms with Gasteiger partial charge >= 0.3 is 0 Å². The third-order valence-electron chi connectivity index (χ3n) is 3.05. The Bertz CT molecular complexity index is 240. The van der Waals surface area contributed by atoms with E-state index in [1.807, 2.05) is 11.8 Å². The fourth-order valence-electron chi connectivity index (χ4n) is 1.98. The van der Waals surface area contributed by atoms with Gasteiger partial charge < -0.3 is 5.32 Å². The summed E-state index contributed by atoms with van der Waals surface area (Å²) in [5.74, 6) is 6.23.